The number of hydrogen-bond donors (Lipinski definition) is 1. The summed E-state index contributed by atoms with van der Waals surface area (Å²) in [7, 11) is 0. The van der Waals surface area contributed by atoms with E-state index in [4.69, 9.17) is 0 Å². The van der Waals surface area contributed by atoms with Crippen molar-refractivity contribution in [3.8, 4) is 0 Å². The molecule has 0 atom stereocenters. The second-order valence-corrected chi connectivity index (χ2v) is 4.02. The Morgan fingerprint density at radius 1 is 1.19 bits per heavy atom. The Morgan fingerprint density at radius 3 is 2.62 bits per heavy atom. The molecule has 0 saturated heterocycles. The average Bonchev–Trinajstić information content (AvgIpc) is 2.30. The lowest BCUT2D eigenvalue weighted by molar-refractivity contribution is -0.116. The molecule has 1 N–H and O–H groups in total. The van der Waals surface area contributed by atoms with Gasteiger partial charge in [-0.2, -0.15) is 0 Å². The van der Waals surface area contributed by atoms with E-state index in [0.29, 0.717) is 6.42 Å². The molecule has 0 aromatic heterocycles. The maximum Gasteiger partial charge on any atom is 0.224 e. The summed E-state index contributed by atoms with van der Waals surface area (Å²) in [4.78, 5) is 11.6. The summed E-state index contributed by atoms with van der Waals surface area (Å²) < 4.78 is 0. The van der Waals surface area contributed by atoms with Crippen molar-refractivity contribution in [2.75, 3.05) is 5.32 Å². The van der Waals surface area contributed by atoms with Crippen molar-refractivity contribution in [2.24, 2.45) is 0 Å². The average molecular weight is 219 g/mol. The molecule has 88 valence electrons. The Hall–Kier alpha value is -1.31. The lowest BCUT2D eigenvalue weighted by Gasteiger charge is -2.09. The molecule has 2 heteroatoms. The number of anilines is 1. The Bertz CT molecular complexity index is 333. The molecule has 16 heavy (non-hydrogen) atoms. The van der Waals surface area contributed by atoms with Crippen LogP contribution in [0.3, 0.4) is 0 Å². The van der Waals surface area contributed by atoms with Gasteiger partial charge in [-0.15, -0.1) is 0 Å². The van der Waals surface area contributed by atoms with Crippen LogP contribution in [-0.2, 0) is 11.2 Å². The Kier molecular flexibility index (Phi) is 5.62. The van der Waals surface area contributed by atoms with Crippen molar-refractivity contribution in [1.82, 2.24) is 0 Å². The minimum absolute atomic E-state index is 0.134. The summed E-state index contributed by atoms with van der Waals surface area (Å²) in [6, 6.07) is 7.99. The second kappa shape index (κ2) is 7.04. The number of carbonyl (C=O) groups is 1. The van der Waals surface area contributed by atoms with E-state index in [-0.39, 0.29) is 5.91 Å². The van der Waals surface area contributed by atoms with Gasteiger partial charge in [-0.05, 0) is 24.5 Å². The van der Waals surface area contributed by atoms with Crippen LogP contribution in [0, 0.1) is 0 Å². The third kappa shape index (κ3) is 4.05. The molecule has 1 rings (SSSR count). The zero-order valence-electron chi connectivity index (χ0n) is 10.3. The number of rotatable bonds is 6. The molecule has 2 nitrogen and oxygen atoms in total. The molecule has 0 bridgehead atoms. The first-order valence-electron chi connectivity index (χ1n) is 6.15. The Labute approximate surface area is 98.1 Å². The van der Waals surface area contributed by atoms with Gasteiger partial charge in [-0.1, -0.05) is 44.9 Å². The number of nitrogens with one attached hydrogen (secondary N) is 1. The van der Waals surface area contributed by atoms with E-state index in [1.54, 1.807) is 0 Å². The normalized spacial score (nSPS) is 10.1. The van der Waals surface area contributed by atoms with Crippen LogP contribution < -0.4 is 5.32 Å². The monoisotopic (exact) mass is 219 g/mol. The largest absolute Gasteiger partial charge is 0.326 e. The zero-order chi connectivity index (χ0) is 11.8. The standard InChI is InChI=1S/C14H21NO/c1-3-5-6-11-14(16)15-13-10-8-7-9-12(13)4-2/h7-10H,3-6,11H2,1-2H3,(H,15,16). The molecule has 0 aliphatic carbocycles. The number of hydrogen-bond acceptors (Lipinski definition) is 1. The number of benzene rings is 1. The lowest BCUT2D eigenvalue weighted by Crippen LogP contribution is -2.12. The summed E-state index contributed by atoms with van der Waals surface area (Å²) >= 11 is 0. The van der Waals surface area contributed by atoms with Crippen molar-refractivity contribution < 1.29 is 4.79 Å². The number of unbranched alkanes of at least 4 members (excludes halogenated alkanes) is 2. The maximum absolute atomic E-state index is 11.6. The Balaban J connectivity index is 2.49. The first-order valence-corrected chi connectivity index (χ1v) is 6.15. The summed E-state index contributed by atoms with van der Waals surface area (Å²) in [6.45, 7) is 4.24. The van der Waals surface area contributed by atoms with Crippen molar-refractivity contribution in [1.29, 1.82) is 0 Å². The molecule has 0 radical (unpaired) electrons. The quantitative estimate of drug-likeness (QED) is 0.725. The molecule has 0 spiro atoms. The van der Waals surface area contributed by atoms with Crippen LogP contribution in [0.4, 0.5) is 5.69 Å². The van der Waals surface area contributed by atoms with E-state index in [2.05, 4.69) is 25.2 Å². The van der Waals surface area contributed by atoms with Gasteiger partial charge in [0, 0.05) is 12.1 Å². The third-order valence-corrected chi connectivity index (χ3v) is 2.68. The number of aryl methyl sites for hydroxylation is 1. The predicted octanol–water partition coefficient (Wildman–Crippen LogP) is 3.77. The molecule has 1 amide bonds. The highest BCUT2D eigenvalue weighted by atomic mass is 16.1. The van der Waals surface area contributed by atoms with Crippen LogP contribution in [0.2, 0.25) is 0 Å². The fourth-order valence-corrected chi connectivity index (χ4v) is 1.70. The van der Waals surface area contributed by atoms with Crippen molar-refractivity contribution >= 4 is 11.6 Å². The van der Waals surface area contributed by atoms with Gasteiger partial charge < -0.3 is 5.32 Å². The molecule has 1 aromatic rings. The van der Waals surface area contributed by atoms with Crippen LogP contribution in [-0.4, -0.2) is 5.91 Å². The molecular formula is C14H21NO. The first-order chi connectivity index (χ1) is 7.77. The predicted molar refractivity (Wildman–Crippen MR) is 68.6 cm³/mol. The van der Waals surface area contributed by atoms with Crippen LogP contribution in [0.25, 0.3) is 0 Å². The van der Waals surface area contributed by atoms with E-state index in [9.17, 15) is 4.79 Å². The molecule has 0 unspecified atom stereocenters. The summed E-state index contributed by atoms with van der Waals surface area (Å²) in [6.07, 6.45) is 4.84. The minimum atomic E-state index is 0.134. The number of amides is 1. The highest BCUT2D eigenvalue weighted by Crippen LogP contribution is 2.15. The van der Waals surface area contributed by atoms with Gasteiger partial charge in [0.1, 0.15) is 0 Å². The topological polar surface area (TPSA) is 29.1 Å². The van der Waals surface area contributed by atoms with E-state index in [1.807, 2.05) is 18.2 Å². The highest BCUT2D eigenvalue weighted by Gasteiger charge is 2.04. The lowest BCUT2D eigenvalue weighted by atomic mass is 10.1. The SMILES string of the molecule is CCCCCC(=O)Nc1ccccc1CC. The van der Waals surface area contributed by atoms with Crippen LogP contribution in [0.1, 0.15) is 45.1 Å². The molecule has 0 saturated carbocycles. The van der Waals surface area contributed by atoms with E-state index < -0.39 is 0 Å². The summed E-state index contributed by atoms with van der Waals surface area (Å²) in [5, 5.41) is 2.98. The van der Waals surface area contributed by atoms with Crippen LogP contribution in [0.15, 0.2) is 24.3 Å². The summed E-state index contributed by atoms with van der Waals surface area (Å²) in [5.41, 5.74) is 2.16. The van der Waals surface area contributed by atoms with Gasteiger partial charge >= 0.3 is 0 Å². The zero-order valence-corrected chi connectivity index (χ0v) is 10.3. The minimum Gasteiger partial charge on any atom is -0.326 e. The first kappa shape index (κ1) is 12.8. The van der Waals surface area contributed by atoms with E-state index in [0.717, 1.165) is 31.4 Å². The van der Waals surface area contributed by atoms with Crippen LogP contribution in [0.5, 0.6) is 0 Å². The highest BCUT2D eigenvalue weighted by molar-refractivity contribution is 5.91. The van der Waals surface area contributed by atoms with Crippen LogP contribution >= 0.6 is 0 Å². The number of para-hydroxylation sites is 1. The Morgan fingerprint density at radius 2 is 1.94 bits per heavy atom. The van der Waals surface area contributed by atoms with E-state index in [1.165, 1.54) is 5.56 Å². The maximum atomic E-state index is 11.6. The third-order valence-electron chi connectivity index (χ3n) is 2.68. The second-order valence-electron chi connectivity index (χ2n) is 4.02. The number of carbonyl (C=O) groups excluding carboxylic acids is 1. The van der Waals surface area contributed by atoms with Gasteiger partial charge in [0.05, 0.1) is 0 Å². The molecule has 0 aliphatic rings. The van der Waals surface area contributed by atoms with Gasteiger partial charge in [0.25, 0.3) is 0 Å². The van der Waals surface area contributed by atoms with Crippen molar-refractivity contribution in [3.63, 3.8) is 0 Å². The van der Waals surface area contributed by atoms with Crippen molar-refractivity contribution in [2.45, 2.75) is 46.0 Å². The van der Waals surface area contributed by atoms with Crippen molar-refractivity contribution in [3.05, 3.63) is 29.8 Å². The molecular weight excluding hydrogens is 198 g/mol. The van der Waals surface area contributed by atoms with Gasteiger partial charge in [0.2, 0.25) is 5.91 Å². The summed E-state index contributed by atoms with van der Waals surface area (Å²) in [5.74, 6) is 0.134. The molecule has 0 heterocycles. The molecule has 1 aromatic carbocycles. The van der Waals surface area contributed by atoms with E-state index >= 15 is 0 Å². The van der Waals surface area contributed by atoms with Gasteiger partial charge in [-0.25, -0.2) is 0 Å². The fraction of sp³-hybridized carbons (Fsp3) is 0.500. The molecule has 0 fully saturated rings. The fourth-order valence-electron chi connectivity index (χ4n) is 1.70. The van der Waals surface area contributed by atoms with Gasteiger partial charge in [0.15, 0.2) is 0 Å². The smallest absolute Gasteiger partial charge is 0.224 e. The molecule has 0 aliphatic heterocycles. The van der Waals surface area contributed by atoms with Gasteiger partial charge in [-0.3, -0.25) is 4.79 Å².